The number of nitrogens with zero attached hydrogens (tertiary/aromatic N) is 3. The van der Waals surface area contributed by atoms with E-state index in [0.29, 0.717) is 18.1 Å². The van der Waals surface area contributed by atoms with Gasteiger partial charge in [-0.25, -0.2) is 4.79 Å². The van der Waals surface area contributed by atoms with Gasteiger partial charge in [0.15, 0.2) is 0 Å². The second kappa shape index (κ2) is 9.52. The number of likely N-dealkylation sites (tertiary alicyclic amines) is 1. The minimum absolute atomic E-state index is 0.000280. The first-order valence-corrected chi connectivity index (χ1v) is 12.2. The van der Waals surface area contributed by atoms with Gasteiger partial charge in [0.1, 0.15) is 0 Å². The van der Waals surface area contributed by atoms with E-state index in [1.54, 1.807) is 0 Å². The Kier molecular flexibility index (Phi) is 7.02. The van der Waals surface area contributed by atoms with Gasteiger partial charge in [-0.05, 0) is 52.4 Å². The molecule has 0 radical (unpaired) electrons. The van der Waals surface area contributed by atoms with Crippen LogP contribution in [0.2, 0.25) is 0 Å². The van der Waals surface area contributed by atoms with Crippen molar-refractivity contribution in [2.45, 2.75) is 95.4 Å². The third-order valence-electron chi connectivity index (χ3n) is 7.96. The van der Waals surface area contributed by atoms with Crippen LogP contribution in [-0.2, 0) is 4.74 Å². The van der Waals surface area contributed by atoms with Gasteiger partial charge in [0.05, 0.1) is 5.60 Å². The van der Waals surface area contributed by atoms with Gasteiger partial charge >= 0.3 is 6.03 Å². The van der Waals surface area contributed by atoms with Crippen LogP contribution in [0.15, 0.2) is 0 Å². The van der Waals surface area contributed by atoms with Crippen molar-refractivity contribution >= 4 is 6.03 Å². The average Bonchev–Trinajstić information content (AvgIpc) is 2.75. The Hall–Kier alpha value is -0.850. The highest BCUT2D eigenvalue weighted by molar-refractivity contribution is 5.74. The van der Waals surface area contributed by atoms with E-state index < -0.39 is 0 Å². The summed E-state index contributed by atoms with van der Waals surface area (Å²) >= 11 is 0. The highest BCUT2D eigenvalue weighted by Gasteiger charge is 2.43. The summed E-state index contributed by atoms with van der Waals surface area (Å²) in [5.74, 6) is 0. The third-order valence-corrected chi connectivity index (χ3v) is 7.96. The summed E-state index contributed by atoms with van der Waals surface area (Å²) in [6, 6.07) is 1.86. The van der Waals surface area contributed by atoms with Crippen LogP contribution in [-0.4, -0.2) is 90.3 Å². The minimum atomic E-state index is -0.000280. The van der Waals surface area contributed by atoms with Gasteiger partial charge in [0.25, 0.3) is 0 Å². The van der Waals surface area contributed by atoms with Crippen molar-refractivity contribution < 1.29 is 9.53 Å². The maximum absolute atomic E-state index is 12.7. The van der Waals surface area contributed by atoms with Crippen LogP contribution < -0.4 is 5.32 Å². The molecule has 4 aliphatic rings. The van der Waals surface area contributed by atoms with E-state index >= 15 is 0 Å². The molecule has 2 amide bonds. The third kappa shape index (κ3) is 5.26. The Morgan fingerprint density at radius 1 is 0.966 bits per heavy atom. The topological polar surface area (TPSA) is 48.1 Å². The Morgan fingerprint density at radius 3 is 2.31 bits per heavy atom. The zero-order chi connectivity index (χ0) is 20.3. The number of amides is 2. The van der Waals surface area contributed by atoms with Crippen molar-refractivity contribution in [3.8, 4) is 0 Å². The van der Waals surface area contributed by atoms with Crippen molar-refractivity contribution in [1.29, 1.82) is 0 Å². The van der Waals surface area contributed by atoms with E-state index in [9.17, 15) is 4.79 Å². The van der Waals surface area contributed by atoms with Crippen LogP contribution in [0.3, 0.4) is 0 Å². The molecule has 1 aliphatic carbocycles. The molecule has 0 aromatic rings. The number of urea groups is 1. The smallest absolute Gasteiger partial charge is 0.317 e. The number of carbonyl (C=O) groups excluding carboxylic acids is 1. The van der Waals surface area contributed by atoms with Crippen molar-refractivity contribution in [2.75, 3.05) is 45.9 Å². The predicted molar refractivity (Wildman–Crippen MR) is 116 cm³/mol. The SMILES string of the molecule is CC(C)N1CCN([C@@H]2CCOC3(CCN(C(=O)NC4CCCCC4)CC3)C2)CC1. The number of rotatable bonds is 3. The molecule has 6 nitrogen and oxygen atoms in total. The standard InChI is InChI=1S/C23H42N4O2/c1-19(2)25-13-15-26(16-14-25)21-8-17-29-23(18-21)9-11-27(12-10-23)22(28)24-20-6-4-3-5-7-20/h19-21H,3-18H2,1-2H3,(H,24,28)/t21-/m1/s1. The van der Waals surface area contributed by atoms with Gasteiger partial charge < -0.3 is 15.0 Å². The molecule has 0 aromatic carbocycles. The zero-order valence-electron chi connectivity index (χ0n) is 18.7. The van der Waals surface area contributed by atoms with Gasteiger partial charge in [-0.2, -0.15) is 0 Å². The molecule has 0 bridgehead atoms. The average molecular weight is 407 g/mol. The van der Waals surface area contributed by atoms with Crippen molar-refractivity contribution in [2.24, 2.45) is 0 Å². The summed E-state index contributed by atoms with van der Waals surface area (Å²) in [5.41, 5.74) is -0.000280. The second-order valence-corrected chi connectivity index (χ2v) is 10.1. The molecule has 1 atom stereocenters. The quantitative estimate of drug-likeness (QED) is 0.783. The maximum atomic E-state index is 12.7. The molecule has 6 heteroatoms. The summed E-state index contributed by atoms with van der Waals surface area (Å²) in [7, 11) is 0. The largest absolute Gasteiger partial charge is 0.375 e. The van der Waals surface area contributed by atoms with E-state index in [-0.39, 0.29) is 11.6 Å². The second-order valence-electron chi connectivity index (χ2n) is 10.1. The van der Waals surface area contributed by atoms with Crippen molar-refractivity contribution in [3.05, 3.63) is 0 Å². The first kappa shape index (κ1) is 21.4. The Balaban J connectivity index is 1.25. The molecule has 1 spiro atoms. The highest BCUT2D eigenvalue weighted by Crippen LogP contribution is 2.37. The Bertz CT molecular complexity index is 533. The van der Waals surface area contributed by atoms with Crippen LogP contribution >= 0.6 is 0 Å². The number of carbonyl (C=O) groups is 1. The summed E-state index contributed by atoms with van der Waals surface area (Å²) < 4.78 is 6.37. The van der Waals surface area contributed by atoms with E-state index in [1.807, 2.05) is 4.90 Å². The van der Waals surface area contributed by atoms with Crippen LogP contribution in [0.5, 0.6) is 0 Å². The summed E-state index contributed by atoms with van der Waals surface area (Å²) in [6.07, 6.45) is 10.4. The fraction of sp³-hybridized carbons (Fsp3) is 0.957. The lowest BCUT2D eigenvalue weighted by atomic mass is 9.81. The number of ether oxygens (including phenoxy) is 1. The molecule has 3 aliphatic heterocycles. The number of hydrogen-bond acceptors (Lipinski definition) is 4. The Labute approximate surface area is 177 Å². The predicted octanol–water partition coefficient (Wildman–Crippen LogP) is 3.07. The van der Waals surface area contributed by atoms with Gasteiger partial charge in [-0.3, -0.25) is 9.80 Å². The van der Waals surface area contributed by atoms with Gasteiger partial charge in [-0.1, -0.05) is 19.3 Å². The lowest BCUT2D eigenvalue weighted by molar-refractivity contribution is -0.132. The molecule has 4 rings (SSSR count). The first-order valence-electron chi connectivity index (χ1n) is 12.2. The zero-order valence-corrected chi connectivity index (χ0v) is 18.7. The molecule has 0 unspecified atom stereocenters. The lowest BCUT2D eigenvalue weighted by Gasteiger charge is -2.50. The van der Waals surface area contributed by atoms with Gasteiger partial charge in [-0.15, -0.1) is 0 Å². The molecule has 1 saturated carbocycles. The van der Waals surface area contributed by atoms with Crippen LogP contribution in [0.1, 0.15) is 71.6 Å². The van der Waals surface area contributed by atoms with Crippen molar-refractivity contribution in [3.63, 3.8) is 0 Å². The molecular formula is C23H42N4O2. The summed E-state index contributed by atoms with van der Waals surface area (Å²) in [4.78, 5) is 20.0. The van der Waals surface area contributed by atoms with E-state index in [2.05, 4.69) is 29.0 Å². The first-order chi connectivity index (χ1) is 14.0. The van der Waals surface area contributed by atoms with Gasteiger partial charge in [0, 0.05) is 64.0 Å². The van der Waals surface area contributed by atoms with Crippen LogP contribution in [0.25, 0.3) is 0 Å². The van der Waals surface area contributed by atoms with Crippen LogP contribution in [0.4, 0.5) is 4.79 Å². The van der Waals surface area contributed by atoms with Gasteiger partial charge in [0.2, 0.25) is 0 Å². The summed E-state index contributed by atoms with van der Waals surface area (Å²) in [5, 5.41) is 3.29. The molecular weight excluding hydrogens is 364 g/mol. The number of piperidine rings is 1. The summed E-state index contributed by atoms with van der Waals surface area (Å²) in [6.45, 7) is 11.9. The van der Waals surface area contributed by atoms with E-state index in [0.717, 1.165) is 58.2 Å². The maximum Gasteiger partial charge on any atom is 0.317 e. The van der Waals surface area contributed by atoms with Crippen molar-refractivity contribution in [1.82, 2.24) is 20.0 Å². The van der Waals surface area contributed by atoms with E-state index in [4.69, 9.17) is 4.74 Å². The van der Waals surface area contributed by atoms with Crippen LogP contribution in [0, 0.1) is 0 Å². The number of nitrogens with one attached hydrogen (secondary N) is 1. The molecule has 0 aromatic heterocycles. The molecule has 3 heterocycles. The van der Waals surface area contributed by atoms with E-state index in [1.165, 1.54) is 45.4 Å². The lowest BCUT2D eigenvalue weighted by Crippen LogP contribution is -2.58. The number of hydrogen-bond donors (Lipinski definition) is 1. The minimum Gasteiger partial charge on any atom is -0.375 e. The fourth-order valence-corrected chi connectivity index (χ4v) is 5.91. The molecule has 4 fully saturated rings. The molecule has 1 N–H and O–H groups in total. The molecule has 29 heavy (non-hydrogen) atoms. The monoisotopic (exact) mass is 406 g/mol. The highest BCUT2D eigenvalue weighted by atomic mass is 16.5. The molecule has 3 saturated heterocycles. The number of piperazine rings is 1. The fourth-order valence-electron chi connectivity index (χ4n) is 5.91. The molecule has 166 valence electrons. The normalized spacial score (nSPS) is 30.0. The Morgan fingerprint density at radius 2 is 1.66 bits per heavy atom.